The fourth-order valence-corrected chi connectivity index (χ4v) is 2.29. The van der Waals surface area contributed by atoms with E-state index in [0.717, 1.165) is 23.6 Å². The van der Waals surface area contributed by atoms with Gasteiger partial charge < -0.3 is 10.0 Å². The molecule has 0 aliphatic carbocycles. The van der Waals surface area contributed by atoms with Crippen LogP contribution in [-0.2, 0) is 0 Å². The molecule has 0 bridgehead atoms. The Morgan fingerprint density at radius 1 is 1.41 bits per heavy atom. The Hall–Kier alpha value is -1.46. The zero-order chi connectivity index (χ0) is 12.1. The molecule has 2 heterocycles. The van der Waals surface area contributed by atoms with Gasteiger partial charge in [-0.15, -0.1) is 0 Å². The van der Waals surface area contributed by atoms with Gasteiger partial charge in [0.25, 0.3) is 0 Å². The number of nitrogens with zero attached hydrogens (tertiary/aromatic N) is 3. The number of thiophene rings is 1. The summed E-state index contributed by atoms with van der Waals surface area (Å²) >= 11 is 1.65. The normalized spacial score (nSPS) is 10.5. The number of hydrogen-bond acceptors (Lipinski definition) is 5. The molecule has 0 saturated heterocycles. The maximum Gasteiger partial charge on any atom is 0.132 e. The molecule has 0 aliphatic rings. The summed E-state index contributed by atoms with van der Waals surface area (Å²) in [5.41, 5.74) is 2.03. The third-order valence-corrected chi connectivity index (χ3v) is 3.23. The molecule has 1 N–H and O–H groups in total. The van der Waals surface area contributed by atoms with Gasteiger partial charge in [0.15, 0.2) is 0 Å². The molecule has 5 heteroatoms. The van der Waals surface area contributed by atoms with E-state index in [1.807, 2.05) is 29.3 Å². The smallest absolute Gasteiger partial charge is 0.132 e. The van der Waals surface area contributed by atoms with Gasteiger partial charge in [0, 0.05) is 30.1 Å². The zero-order valence-corrected chi connectivity index (χ0v) is 10.5. The molecule has 4 nitrogen and oxygen atoms in total. The minimum absolute atomic E-state index is 0.131. The summed E-state index contributed by atoms with van der Waals surface area (Å²) in [4.78, 5) is 10.5. The van der Waals surface area contributed by atoms with Gasteiger partial charge in [0.2, 0.25) is 0 Å². The Kier molecular flexibility index (Phi) is 4.06. The minimum atomic E-state index is 0.131. The molecule has 17 heavy (non-hydrogen) atoms. The molecule has 2 aromatic rings. The molecule has 2 aromatic heterocycles. The third kappa shape index (κ3) is 2.81. The van der Waals surface area contributed by atoms with Crippen molar-refractivity contribution in [2.75, 3.05) is 24.6 Å². The van der Waals surface area contributed by atoms with E-state index < -0.39 is 0 Å². The molecule has 0 fully saturated rings. The summed E-state index contributed by atoms with van der Waals surface area (Å²) in [5.74, 6) is 0.859. The predicted molar refractivity (Wildman–Crippen MR) is 70.3 cm³/mol. The van der Waals surface area contributed by atoms with Gasteiger partial charge in [-0.3, -0.25) is 0 Å². The number of aromatic nitrogens is 2. The average Bonchev–Trinajstić information content (AvgIpc) is 2.90. The molecule has 0 radical (unpaired) electrons. The van der Waals surface area contributed by atoms with Crippen LogP contribution in [0, 0.1) is 0 Å². The summed E-state index contributed by atoms with van der Waals surface area (Å²) in [6.07, 6.45) is 1.57. The first-order chi connectivity index (χ1) is 8.35. The standard InChI is InChI=1S/C12H15N3OS/c1-2-15(4-5-16)12-7-11(13-9-14-12)10-3-6-17-8-10/h3,6-9,16H,2,4-5H2,1H3. The van der Waals surface area contributed by atoms with Gasteiger partial charge in [0.1, 0.15) is 12.1 Å². The van der Waals surface area contributed by atoms with Crippen LogP contribution in [0.1, 0.15) is 6.92 Å². The van der Waals surface area contributed by atoms with E-state index in [4.69, 9.17) is 5.11 Å². The van der Waals surface area contributed by atoms with Crippen LogP contribution in [-0.4, -0.2) is 34.8 Å². The zero-order valence-electron chi connectivity index (χ0n) is 9.71. The van der Waals surface area contributed by atoms with Gasteiger partial charge >= 0.3 is 0 Å². The topological polar surface area (TPSA) is 49.2 Å². The minimum Gasteiger partial charge on any atom is -0.395 e. The molecule has 2 rings (SSSR count). The van der Waals surface area contributed by atoms with Crippen LogP contribution in [0.15, 0.2) is 29.2 Å². The van der Waals surface area contributed by atoms with E-state index in [1.54, 1.807) is 17.7 Å². The first-order valence-electron chi connectivity index (χ1n) is 5.55. The van der Waals surface area contributed by atoms with Crippen molar-refractivity contribution in [3.63, 3.8) is 0 Å². The number of likely N-dealkylation sites (N-methyl/N-ethyl adjacent to an activating group) is 1. The average molecular weight is 249 g/mol. The van der Waals surface area contributed by atoms with Crippen LogP contribution < -0.4 is 4.90 Å². The Balaban J connectivity index is 2.27. The fourth-order valence-electron chi connectivity index (χ4n) is 1.64. The molecule has 0 atom stereocenters. The second-order valence-corrected chi connectivity index (χ2v) is 4.36. The maximum atomic E-state index is 9.00. The second kappa shape index (κ2) is 5.75. The highest BCUT2D eigenvalue weighted by Gasteiger charge is 2.07. The maximum absolute atomic E-state index is 9.00. The van der Waals surface area contributed by atoms with E-state index in [-0.39, 0.29) is 6.61 Å². The van der Waals surface area contributed by atoms with Crippen molar-refractivity contribution in [3.8, 4) is 11.3 Å². The van der Waals surface area contributed by atoms with Crippen LogP contribution in [0.25, 0.3) is 11.3 Å². The SMILES string of the molecule is CCN(CCO)c1cc(-c2ccsc2)ncn1. The predicted octanol–water partition coefficient (Wildman–Crippen LogP) is 2.02. The van der Waals surface area contributed by atoms with Crippen molar-refractivity contribution in [2.45, 2.75) is 6.92 Å². The number of rotatable bonds is 5. The summed E-state index contributed by atoms with van der Waals surface area (Å²) in [6, 6.07) is 4.00. The van der Waals surface area contributed by atoms with Crippen LogP contribution >= 0.6 is 11.3 Å². The summed E-state index contributed by atoms with van der Waals surface area (Å²) in [6.45, 7) is 3.59. The molecular formula is C12H15N3OS. The van der Waals surface area contributed by atoms with Crippen molar-refractivity contribution < 1.29 is 5.11 Å². The summed E-state index contributed by atoms with van der Waals surface area (Å²) in [5, 5.41) is 13.1. The van der Waals surface area contributed by atoms with Gasteiger partial charge in [0.05, 0.1) is 12.3 Å². The number of anilines is 1. The second-order valence-electron chi connectivity index (χ2n) is 3.58. The van der Waals surface area contributed by atoms with Gasteiger partial charge in [-0.2, -0.15) is 11.3 Å². The lowest BCUT2D eigenvalue weighted by Crippen LogP contribution is -2.27. The largest absolute Gasteiger partial charge is 0.395 e. The van der Waals surface area contributed by atoms with E-state index in [0.29, 0.717) is 6.54 Å². The van der Waals surface area contributed by atoms with Crippen LogP contribution in [0.4, 0.5) is 5.82 Å². The Bertz CT molecular complexity index is 459. The molecule has 0 aliphatic heterocycles. The Labute approximate surface area is 105 Å². The van der Waals surface area contributed by atoms with Crippen LogP contribution in [0.5, 0.6) is 0 Å². The molecule has 90 valence electrons. The third-order valence-electron chi connectivity index (χ3n) is 2.55. The molecule has 0 aromatic carbocycles. The molecular weight excluding hydrogens is 234 g/mol. The van der Waals surface area contributed by atoms with E-state index in [9.17, 15) is 0 Å². The van der Waals surface area contributed by atoms with Crippen molar-refractivity contribution >= 4 is 17.2 Å². The van der Waals surface area contributed by atoms with Crippen LogP contribution in [0.3, 0.4) is 0 Å². The summed E-state index contributed by atoms with van der Waals surface area (Å²) in [7, 11) is 0. The lowest BCUT2D eigenvalue weighted by molar-refractivity contribution is 0.302. The molecule has 0 unspecified atom stereocenters. The lowest BCUT2D eigenvalue weighted by atomic mass is 10.2. The van der Waals surface area contributed by atoms with Crippen molar-refractivity contribution in [1.82, 2.24) is 9.97 Å². The van der Waals surface area contributed by atoms with E-state index in [2.05, 4.69) is 15.3 Å². The first-order valence-corrected chi connectivity index (χ1v) is 6.50. The molecule has 0 spiro atoms. The fraction of sp³-hybridized carbons (Fsp3) is 0.333. The number of hydrogen-bond donors (Lipinski definition) is 1. The van der Waals surface area contributed by atoms with Gasteiger partial charge in [-0.1, -0.05) is 0 Å². The van der Waals surface area contributed by atoms with Crippen molar-refractivity contribution in [3.05, 3.63) is 29.2 Å². The van der Waals surface area contributed by atoms with E-state index in [1.165, 1.54) is 0 Å². The Morgan fingerprint density at radius 2 is 2.29 bits per heavy atom. The van der Waals surface area contributed by atoms with E-state index >= 15 is 0 Å². The molecule has 0 saturated carbocycles. The van der Waals surface area contributed by atoms with Gasteiger partial charge in [-0.05, 0) is 18.4 Å². The van der Waals surface area contributed by atoms with Crippen molar-refractivity contribution in [2.24, 2.45) is 0 Å². The van der Waals surface area contributed by atoms with Crippen molar-refractivity contribution in [1.29, 1.82) is 0 Å². The summed E-state index contributed by atoms with van der Waals surface area (Å²) < 4.78 is 0. The highest BCUT2D eigenvalue weighted by molar-refractivity contribution is 7.08. The molecule has 0 amide bonds. The number of aliphatic hydroxyl groups excluding tert-OH is 1. The highest BCUT2D eigenvalue weighted by atomic mass is 32.1. The highest BCUT2D eigenvalue weighted by Crippen LogP contribution is 2.22. The van der Waals surface area contributed by atoms with Crippen LogP contribution in [0.2, 0.25) is 0 Å². The quantitative estimate of drug-likeness (QED) is 0.880. The first kappa shape index (κ1) is 12.0. The number of aliphatic hydroxyl groups is 1. The lowest BCUT2D eigenvalue weighted by Gasteiger charge is -2.20. The Morgan fingerprint density at radius 3 is 2.94 bits per heavy atom. The monoisotopic (exact) mass is 249 g/mol. The van der Waals surface area contributed by atoms with Gasteiger partial charge in [-0.25, -0.2) is 9.97 Å².